The van der Waals surface area contributed by atoms with E-state index in [0.717, 1.165) is 4.31 Å². The molecule has 0 saturated carbocycles. The fraction of sp³-hybridized carbons (Fsp3) is 0.875. The van der Waals surface area contributed by atoms with Crippen LogP contribution in [0.25, 0.3) is 0 Å². The molecule has 9 heteroatoms. The molecule has 0 aromatic carbocycles. The summed E-state index contributed by atoms with van der Waals surface area (Å²) in [5, 5.41) is 8.45. The van der Waals surface area contributed by atoms with Crippen molar-refractivity contribution >= 4 is 25.8 Å². The van der Waals surface area contributed by atoms with E-state index < -0.39 is 44.0 Å². The second-order valence-electron chi connectivity index (χ2n) is 4.03. The molecule has 1 atom stereocenters. The highest BCUT2D eigenvalue weighted by atomic mass is 32.2. The molecule has 17 heavy (non-hydrogen) atoms. The van der Waals surface area contributed by atoms with E-state index in [9.17, 15) is 21.6 Å². The van der Waals surface area contributed by atoms with E-state index in [0.29, 0.717) is 0 Å². The summed E-state index contributed by atoms with van der Waals surface area (Å²) < 4.78 is 47.2. The van der Waals surface area contributed by atoms with Gasteiger partial charge in [0.2, 0.25) is 10.0 Å². The van der Waals surface area contributed by atoms with E-state index in [-0.39, 0.29) is 18.1 Å². The van der Waals surface area contributed by atoms with Gasteiger partial charge in [0.05, 0.1) is 23.7 Å². The number of rotatable bonds is 4. The molecule has 0 aromatic heterocycles. The number of aliphatic carboxylic acids is 1. The molecule has 0 radical (unpaired) electrons. The Kier molecular flexibility index (Phi) is 4.15. The van der Waals surface area contributed by atoms with Crippen molar-refractivity contribution in [1.82, 2.24) is 4.31 Å². The topological polar surface area (TPSA) is 109 Å². The average Bonchev–Trinajstić information content (AvgIpc) is 2.12. The summed E-state index contributed by atoms with van der Waals surface area (Å²) >= 11 is 0. The van der Waals surface area contributed by atoms with Crippen LogP contribution >= 0.6 is 0 Å². The highest BCUT2D eigenvalue weighted by Crippen LogP contribution is 2.16. The molecule has 1 heterocycles. The van der Waals surface area contributed by atoms with Crippen LogP contribution in [0.2, 0.25) is 0 Å². The van der Waals surface area contributed by atoms with Crippen molar-refractivity contribution in [3.05, 3.63) is 0 Å². The summed E-state index contributed by atoms with van der Waals surface area (Å²) in [7, 11) is -6.87. The Labute approximate surface area is 100 Å². The van der Waals surface area contributed by atoms with Crippen molar-refractivity contribution < 1.29 is 26.7 Å². The standard InChI is InChI=1S/C8H15NO6S2/c1-7-6-16(12,13)5-3-9(7)17(14,15)4-2-8(10)11/h7H,2-6H2,1H3,(H,10,11). The molecular weight excluding hydrogens is 270 g/mol. The third-order valence-electron chi connectivity index (χ3n) is 2.54. The van der Waals surface area contributed by atoms with Gasteiger partial charge in [-0.1, -0.05) is 0 Å². The van der Waals surface area contributed by atoms with E-state index in [1.54, 1.807) is 0 Å². The van der Waals surface area contributed by atoms with Gasteiger partial charge >= 0.3 is 5.97 Å². The van der Waals surface area contributed by atoms with Crippen LogP contribution in [0, 0.1) is 0 Å². The molecule has 1 rings (SSSR count). The number of carbonyl (C=O) groups is 1. The molecule has 1 saturated heterocycles. The fourth-order valence-electron chi connectivity index (χ4n) is 1.73. The van der Waals surface area contributed by atoms with Gasteiger partial charge in [0.25, 0.3) is 0 Å². The molecule has 1 aliphatic heterocycles. The molecule has 1 aliphatic rings. The molecule has 1 unspecified atom stereocenters. The van der Waals surface area contributed by atoms with E-state index in [4.69, 9.17) is 5.11 Å². The molecule has 1 N–H and O–H groups in total. The van der Waals surface area contributed by atoms with Crippen LogP contribution in [-0.4, -0.2) is 62.1 Å². The first kappa shape index (κ1) is 14.4. The molecule has 7 nitrogen and oxygen atoms in total. The second kappa shape index (κ2) is 4.91. The normalized spacial score (nSPS) is 25.6. The number of hydrogen-bond donors (Lipinski definition) is 1. The smallest absolute Gasteiger partial charge is 0.304 e. The lowest BCUT2D eigenvalue weighted by Crippen LogP contribution is -2.50. The first-order chi connectivity index (χ1) is 7.64. The molecule has 0 aliphatic carbocycles. The van der Waals surface area contributed by atoms with Gasteiger partial charge in [-0.2, -0.15) is 4.31 Å². The largest absolute Gasteiger partial charge is 0.481 e. The predicted octanol–water partition coefficient (Wildman–Crippen LogP) is -1.09. The van der Waals surface area contributed by atoms with E-state index in [2.05, 4.69) is 0 Å². The van der Waals surface area contributed by atoms with Crippen molar-refractivity contribution in [1.29, 1.82) is 0 Å². The fourth-order valence-corrected chi connectivity index (χ4v) is 5.16. The minimum absolute atomic E-state index is 0.0918. The summed E-state index contributed by atoms with van der Waals surface area (Å²) in [4.78, 5) is 10.3. The Morgan fingerprint density at radius 2 is 2.06 bits per heavy atom. The zero-order valence-electron chi connectivity index (χ0n) is 9.37. The van der Waals surface area contributed by atoms with Gasteiger partial charge in [-0.3, -0.25) is 4.79 Å². The Bertz CT molecular complexity index is 494. The van der Waals surface area contributed by atoms with Crippen LogP contribution in [0.15, 0.2) is 0 Å². The summed E-state index contributed by atoms with van der Waals surface area (Å²) in [6.45, 7) is 1.42. The number of nitrogens with zero attached hydrogens (tertiary/aromatic N) is 1. The molecule has 1 fully saturated rings. The van der Waals surface area contributed by atoms with Crippen LogP contribution in [0.3, 0.4) is 0 Å². The molecule has 0 spiro atoms. The predicted molar refractivity (Wildman–Crippen MR) is 60.9 cm³/mol. The second-order valence-corrected chi connectivity index (χ2v) is 8.30. The Morgan fingerprint density at radius 1 is 1.47 bits per heavy atom. The zero-order chi connectivity index (χ0) is 13.3. The summed E-state index contributed by atoms with van der Waals surface area (Å²) in [5.74, 6) is -2.10. The number of carboxylic acids is 1. The van der Waals surface area contributed by atoms with Crippen LogP contribution in [0.4, 0.5) is 0 Å². The maximum absolute atomic E-state index is 11.8. The zero-order valence-corrected chi connectivity index (χ0v) is 11.0. The molecule has 100 valence electrons. The van der Waals surface area contributed by atoms with Gasteiger partial charge in [0.1, 0.15) is 0 Å². The SMILES string of the molecule is CC1CS(=O)(=O)CCN1S(=O)(=O)CCC(=O)O. The highest BCUT2D eigenvalue weighted by Gasteiger charge is 2.35. The van der Waals surface area contributed by atoms with E-state index in [1.165, 1.54) is 6.92 Å². The van der Waals surface area contributed by atoms with Crippen molar-refractivity contribution in [2.75, 3.05) is 23.8 Å². The monoisotopic (exact) mass is 285 g/mol. The Balaban J connectivity index is 2.77. The summed E-state index contributed by atoms with van der Waals surface area (Å²) in [5.41, 5.74) is 0. The van der Waals surface area contributed by atoms with Gasteiger partial charge in [0, 0.05) is 12.6 Å². The Hall–Kier alpha value is -0.670. The van der Waals surface area contributed by atoms with E-state index in [1.807, 2.05) is 0 Å². The quantitative estimate of drug-likeness (QED) is 0.703. The molecular formula is C8H15NO6S2. The first-order valence-corrected chi connectivity index (χ1v) is 8.49. The first-order valence-electron chi connectivity index (χ1n) is 5.06. The van der Waals surface area contributed by atoms with Gasteiger partial charge in [-0.05, 0) is 6.92 Å². The number of sulfone groups is 1. The third kappa shape index (κ3) is 3.93. The maximum atomic E-state index is 11.8. The lowest BCUT2D eigenvalue weighted by atomic mass is 10.4. The van der Waals surface area contributed by atoms with E-state index >= 15 is 0 Å². The van der Waals surface area contributed by atoms with Gasteiger partial charge in [-0.15, -0.1) is 0 Å². The molecule has 0 bridgehead atoms. The van der Waals surface area contributed by atoms with Crippen LogP contribution in [-0.2, 0) is 24.7 Å². The van der Waals surface area contributed by atoms with Crippen molar-refractivity contribution in [3.8, 4) is 0 Å². The third-order valence-corrected chi connectivity index (χ3v) is 6.31. The minimum atomic E-state index is -3.69. The van der Waals surface area contributed by atoms with Crippen molar-refractivity contribution in [2.45, 2.75) is 19.4 Å². The van der Waals surface area contributed by atoms with Gasteiger partial charge in [-0.25, -0.2) is 16.8 Å². The summed E-state index contributed by atoms with van der Waals surface area (Å²) in [6, 6.07) is -0.632. The van der Waals surface area contributed by atoms with Gasteiger partial charge in [0.15, 0.2) is 9.84 Å². The average molecular weight is 285 g/mol. The Morgan fingerprint density at radius 3 is 2.53 bits per heavy atom. The van der Waals surface area contributed by atoms with Crippen LogP contribution < -0.4 is 0 Å². The van der Waals surface area contributed by atoms with Crippen molar-refractivity contribution in [2.24, 2.45) is 0 Å². The number of hydrogen-bond acceptors (Lipinski definition) is 5. The van der Waals surface area contributed by atoms with Crippen LogP contribution in [0.5, 0.6) is 0 Å². The summed E-state index contributed by atoms with van der Waals surface area (Å²) in [6.07, 6.45) is -0.474. The van der Waals surface area contributed by atoms with Crippen molar-refractivity contribution in [3.63, 3.8) is 0 Å². The van der Waals surface area contributed by atoms with Gasteiger partial charge < -0.3 is 5.11 Å². The highest BCUT2D eigenvalue weighted by molar-refractivity contribution is 7.92. The lowest BCUT2D eigenvalue weighted by molar-refractivity contribution is -0.136. The van der Waals surface area contributed by atoms with Crippen LogP contribution in [0.1, 0.15) is 13.3 Å². The maximum Gasteiger partial charge on any atom is 0.304 e. The lowest BCUT2D eigenvalue weighted by Gasteiger charge is -2.31. The molecule has 0 aromatic rings. The number of sulfonamides is 1. The minimum Gasteiger partial charge on any atom is -0.481 e. The number of carboxylic acid groups (broad SMARTS) is 1. The molecule has 0 amide bonds.